The van der Waals surface area contributed by atoms with E-state index in [9.17, 15) is 4.79 Å². The molecule has 0 bridgehead atoms. The van der Waals surface area contributed by atoms with Crippen molar-refractivity contribution < 1.29 is 4.79 Å². The number of halogens is 2. The second-order valence-corrected chi connectivity index (χ2v) is 6.17. The smallest absolute Gasteiger partial charge is 0.249 e. The summed E-state index contributed by atoms with van der Waals surface area (Å²) < 4.78 is 0.909. The van der Waals surface area contributed by atoms with Crippen LogP contribution in [0.4, 0.5) is 11.5 Å². The van der Waals surface area contributed by atoms with Gasteiger partial charge in [-0.25, -0.2) is 4.98 Å². The van der Waals surface area contributed by atoms with E-state index in [1.165, 1.54) is 0 Å². The fourth-order valence-corrected chi connectivity index (χ4v) is 2.77. The molecule has 2 aromatic rings. The van der Waals surface area contributed by atoms with Gasteiger partial charge in [0.05, 0.1) is 0 Å². The molecule has 21 heavy (non-hydrogen) atoms. The van der Waals surface area contributed by atoms with E-state index < -0.39 is 0 Å². The number of nitrogens with zero attached hydrogens (tertiary/aromatic N) is 2. The second-order valence-electron chi connectivity index (χ2n) is 4.82. The van der Waals surface area contributed by atoms with Crippen LogP contribution in [0.3, 0.4) is 0 Å². The Morgan fingerprint density at radius 1 is 1.33 bits per heavy atom. The van der Waals surface area contributed by atoms with Crippen LogP contribution in [0.15, 0.2) is 47.1 Å². The number of aromatic nitrogens is 1. The van der Waals surface area contributed by atoms with Crippen LogP contribution in [0.5, 0.6) is 0 Å². The first-order valence-electron chi connectivity index (χ1n) is 6.58. The van der Waals surface area contributed by atoms with Crippen molar-refractivity contribution in [3.05, 3.63) is 52.1 Å². The molecule has 0 aliphatic carbocycles. The zero-order valence-corrected chi connectivity index (χ0v) is 13.4. The topological polar surface area (TPSA) is 45.2 Å². The molecular formula is C15H13BrClN3O. The van der Waals surface area contributed by atoms with Crippen LogP contribution in [0.25, 0.3) is 0 Å². The molecule has 1 unspecified atom stereocenters. The van der Waals surface area contributed by atoms with E-state index in [2.05, 4.69) is 26.2 Å². The molecule has 2 heterocycles. The number of benzene rings is 1. The monoisotopic (exact) mass is 365 g/mol. The van der Waals surface area contributed by atoms with Crippen molar-refractivity contribution in [2.75, 3.05) is 16.8 Å². The largest absolute Gasteiger partial charge is 0.358 e. The maximum absolute atomic E-state index is 12.5. The molecule has 3 rings (SSSR count). The highest BCUT2D eigenvalue weighted by atomic mass is 79.9. The molecule has 0 spiro atoms. The number of hydrogen-bond donors (Lipinski definition) is 1. The molecule has 4 nitrogen and oxygen atoms in total. The third kappa shape index (κ3) is 3.19. The minimum atomic E-state index is -0.252. The van der Waals surface area contributed by atoms with Gasteiger partial charge in [0, 0.05) is 27.9 Å². The summed E-state index contributed by atoms with van der Waals surface area (Å²) in [6.45, 7) is 0.674. The van der Waals surface area contributed by atoms with Crippen LogP contribution in [0.1, 0.15) is 6.42 Å². The second kappa shape index (κ2) is 6.03. The van der Waals surface area contributed by atoms with Gasteiger partial charge in [-0.05, 0) is 52.7 Å². The number of amides is 1. The van der Waals surface area contributed by atoms with Gasteiger partial charge >= 0.3 is 0 Å². The van der Waals surface area contributed by atoms with Crippen molar-refractivity contribution in [3.8, 4) is 0 Å². The number of hydrogen-bond acceptors (Lipinski definition) is 3. The fourth-order valence-electron chi connectivity index (χ4n) is 2.35. The Morgan fingerprint density at radius 3 is 2.90 bits per heavy atom. The van der Waals surface area contributed by atoms with Crippen molar-refractivity contribution in [3.63, 3.8) is 0 Å². The maximum Gasteiger partial charge on any atom is 0.249 e. The van der Waals surface area contributed by atoms with Gasteiger partial charge in [0.15, 0.2) is 0 Å². The molecule has 1 aliphatic rings. The Morgan fingerprint density at radius 2 is 2.19 bits per heavy atom. The number of anilines is 2. The molecular weight excluding hydrogens is 354 g/mol. The summed E-state index contributed by atoms with van der Waals surface area (Å²) >= 11 is 9.32. The Balaban J connectivity index is 1.73. The van der Waals surface area contributed by atoms with Gasteiger partial charge in [-0.15, -0.1) is 0 Å². The van der Waals surface area contributed by atoms with Gasteiger partial charge in [-0.2, -0.15) is 0 Å². The summed E-state index contributed by atoms with van der Waals surface area (Å²) in [4.78, 5) is 18.5. The van der Waals surface area contributed by atoms with Crippen LogP contribution in [-0.2, 0) is 4.79 Å². The molecule has 1 fully saturated rings. The average molecular weight is 367 g/mol. The predicted octanol–water partition coefficient (Wildman–Crippen LogP) is 3.71. The summed E-state index contributed by atoms with van der Waals surface area (Å²) in [6.07, 6.45) is 2.44. The predicted molar refractivity (Wildman–Crippen MR) is 87.8 cm³/mol. The van der Waals surface area contributed by atoms with Crippen molar-refractivity contribution in [2.45, 2.75) is 12.5 Å². The lowest BCUT2D eigenvalue weighted by Gasteiger charge is -2.17. The lowest BCUT2D eigenvalue weighted by molar-refractivity contribution is -0.117. The summed E-state index contributed by atoms with van der Waals surface area (Å²) in [5.74, 6) is 0.742. The Kier molecular flexibility index (Phi) is 4.12. The number of rotatable bonds is 3. The highest BCUT2D eigenvalue weighted by molar-refractivity contribution is 9.10. The lowest BCUT2D eigenvalue weighted by atomic mass is 10.2. The van der Waals surface area contributed by atoms with Crippen LogP contribution >= 0.6 is 27.5 Å². The van der Waals surface area contributed by atoms with Gasteiger partial charge in [-0.3, -0.25) is 4.79 Å². The molecule has 1 saturated heterocycles. The van der Waals surface area contributed by atoms with E-state index in [-0.39, 0.29) is 11.9 Å². The van der Waals surface area contributed by atoms with Gasteiger partial charge in [0.25, 0.3) is 0 Å². The minimum absolute atomic E-state index is 0.0435. The molecule has 108 valence electrons. The number of nitrogens with one attached hydrogen (secondary N) is 1. The van der Waals surface area contributed by atoms with E-state index in [4.69, 9.17) is 11.6 Å². The summed E-state index contributed by atoms with van der Waals surface area (Å²) in [7, 11) is 0. The zero-order valence-electron chi connectivity index (χ0n) is 11.1. The SMILES string of the molecule is O=C1C(Nc2ccc(Br)cn2)CCN1c1cccc(Cl)c1. The highest BCUT2D eigenvalue weighted by Gasteiger charge is 2.32. The van der Waals surface area contributed by atoms with E-state index in [0.717, 1.165) is 16.6 Å². The van der Waals surface area contributed by atoms with Crippen LogP contribution in [0.2, 0.25) is 5.02 Å². The van der Waals surface area contributed by atoms with Crippen molar-refractivity contribution >= 4 is 44.9 Å². The first kappa shape index (κ1) is 14.4. The highest BCUT2D eigenvalue weighted by Crippen LogP contribution is 2.25. The molecule has 6 heteroatoms. The summed E-state index contributed by atoms with van der Waals surface area (Å²) in [6, 6.07) is 10.8. The average Bonchev–Trinajstić information content (AvgIpc) is 2.83. The van der Waals surface area contributed by atoms with E-state index in [1.807, 2.05) is 24.3 Å². The molecule has 0 saturated carbocycles. The fraction of sp³-hybridized carbons (Fsp3) is 0.200. The number of pyridine rings is 1. The maximum atomic E-state index is 12.5. The molecule has 0 radical (unpaired) electrons. The lowest BCUT2D eigenvalue weighted by Crippen LogP contribution is -2.33. The Hall–Kier alpha value is -1.59. The third-order valence-corrected chi connectivity index (χ3v) is 4.08. The van der Waals surface area contributed by atoms with Gasteiger partial charge in [-0.1, -0.05) is 17.7 Å². The van der Waals surface area contributed by atoms with Crippen molar-refractivity contribution in [2.24, 2.45) is 0 Å². The third-order valence-electron chi connectivity index (χ3n) is 3.37. The van der Waals surface area contributed by atoms with Crippen LogP contribution in [-0.4, -0.2) is 23.5 Å². The zero-order chi connectivity index (χ0) is 14.8. The van der Waals surface area contributed by atoms with E-state index in [1.54, 1.807) is 23.2 Å². The van der Waals surface area contributed by atoms with Gasteiger partial charge in [0.2, 0.25) is 5.91 Å². The quantitative estimate of drug-likeness (QED) is 0.900. The number of carbonyl (C=O) groups is 1. The van der Waals surface area contributed by atoms with Crippen molar-refractivity contribution in [1.82, 2.24) is 4.98 Å². The van der Waals surface area contributed by atoms with Crippen molar-refractivity contribution in [1.29, 1.82) is 0 Å². The molecule has 1 amide bonds. The first-order valence-corrected chi connectivity index (χ1v) is 7.75. The summed E-state index contributed by atoms with van der Waals surface area (Å²) in [5.41, 5.74) is 0.834. The standard InChI is InChI=1S/C15H13BrClN3O/c16-10-4-5-14(18-9-10)19-13-6-7-20(15(13)21)12-3-1-2-11(17)8-12/h1-5,8-9,13H,6-7H2,(H,18,19). The molecule has 1 N–H and O–H groups in total. The van der Waals surface area contributed by atoms with Gasteiger partial charge in [0.1, 0.15) is 11.9 Å². The van der Waals surface area contributed by atoms with Crippen LogP contribution in [0, 0.1) is 0 Å². The van der Waals surface area contributed by atoms with E-state index in [0.29, 0.717) is 17.4 Å². The molecule has 1 atom stereocenters. The number of carbonyl (C=O) groups excluding carboxylic acids is 1. The normalized spacial score (nSPS) is 18.1. The molecule has 1 aromatic heterocycles. The van der Waals surface area contributed by atoms with E-state index >= 15 is 0 Å². The molecule has 1 aromatic carbocycles. The van der Waals surface area contributed by atoms with Crippen LogP contribution < -0.4 is 10.2 Å². The Labute approximate surface area is 136 Å². The molecule has 1 aliphatic heterocycles. The Bertz CT molecular complexity index is 662. The minimum Gasteiger partial charge on any atom is -0.358 e. The first-order chi connectivity index (χ1) is 10.1. The van der Waals surface area contributed by atoms with Gasteiger partial charge < -0.3 is 10.2 Å². The summed E-state index contributed by atoms with van der Waals surface area (Å²) in [5, 5.41) is 3.81.